The summed E-state index contributed by atoms with van der Waals surface area (Å²) < 4.78 is 16.0. The molecule has 0 unspecified atom stereocenters. The molecule has 12 heteroatoms. The van der Waals surface area contributed by atoms with E-state index in [-0.39, 0.29) is 36.5 Å². The second-order valence-electron chi connectivity index (χ2n) is 8.14. The summed E-state index contributed by atoms with van der Waals surface area (Å²) in [6, 6.07) is 5.19. The van der Waals surface area contributed by atoms with Crippen LogP contribution in [0.15, 0.2) is 24.4 Å². The van der Waals surface area contributed by atoms with Crippen molar-refractivity contribution in [3.05, 3.63) is 35.8 Å². The van der Waals surface area contributed by atoms with Gasteiger partial charge in [-0.15, -0.1) is 0 Å². The van der Waals surface area contributed by atoms with Crippen molar-refractivity contribution < 1.29 is 33.7 Å². The normalized spacial score (nSPS) is 14.5. The number of nitrogens with zero attached hydrogens (tertiary/aromatic N) is 3. The minimum Gasteiger partial charge on any atom is -0.502 e. The van der Waals surface area contributed by atoms with Gasteiger partial charge in [0.25, 0.3) is 0 Å². The zero-order chi connectivity index (χ0) is 24.7. The summed E-state index contributed by atoms with van der Waals surface area (Å²) in [5.41, 5.74) is 2.08. The van der Waals surface area contributed by atoms with Crippen LogP contribution in [0.3, 0.4) is 0 Å². The van der Waals surface area contributed by atoms with Crippen molar-refractivity contribution in [1.29, 1.82) is 0 Å². The number of likely N-dealkylation sites (tertiary alicyclic amines) is 1. The van der Waals surface area contributed by atoms with Crippen molar-refractivity contribution in [2.75, 3.05) is 25.0 Å². The minimum atomic E-state index is -2.38. The maximum atomic E-state index is 12.0. The number of carbonyl (C=O) groups is 1. The highest BCUT2D eigenvalue weighted by molar-refractivity contribution is 7.39. The molecular weight excluding hydrogens is 463 g/mol. The molecule has 0 saturated carbocycles. The number of carbonyl (C=O) groups excluding carboxylic acids is 1. The summed E-state index contributed by atoms with van der Waals surface area (Å²) in [5.74, 6) is 0.437. The largest absolute Gasteiger partial charge is 0.502 e. The third-order valence-corrected chi connectivity index (χ3v) is 5.59. The van der Waals surface area contributed by atoms with E-state index in [1.54, 1.807) is 29.3 Å². The van der Waals surface area contributed by atoms with Crippen LogP contribution in [-0.4, -0.2) is 67.8 Å². The van der Waals surface area contributed by atoms with E-state index >= 15 is 0 Å². The van der Waals surface area contributed by atoms with Crippen LogP contribution >= 0.6 is 8.60 Å². The van der Waals surface area contributed by atoms with Crippen LogP contribution in [0.2, 0.25) is 0 Å². The van der Waals surface area contributed by atoms with Gasteiger partial charge in [-0.3, -0.25) is 4.98 Å². The van der Waals surface area contributed by atoms with Gasteiger partial charge in [0.15, 0.2) is 11.6 Å². The molecule has 0 radical (unpaired) electrons. The summed E-state index contributed by atoms with van der Waals surface area (Å²) in [6.07, 6.45) is 2.60. The topological polar surface area (TPSA) is 146 Å². The van der Waals surface area contributed by atoms with Crippen LogP contribution in [0, 0.1) is 6.92 Å². The zero-order valence-electron chi connectivity index (χ0n) is 19.5. The molecule has 2 aromatic rings. The van der Waals surface area contributed by atoms with E-state index < -0.39 is 8.60 Å². The molecule has 4 N–H and O–H groups in total. The lowest BCUT2D eigenvalue weighted by Gasteiger charge is -2.32. The fourth-order valence-electron chi connectivity index (χ4n) is 3.48. The number of aryl methyl sites for hydroxylation is 1. The number of pyridine rings is 2. The molecule has 34 heavy (non-hydrogen) atoms. The fourth-order valence-corrected chi connectivity index (χ4v) is 3.73. The number of aromatic nitrogens is 2. The number of anilines is 2. The highest BCUT2D eigenvalue weighted by Crippen LogP contribution is 2.35. The highest BCUT2D eigenvalue weighted by Gasteiger charge is 2.26. The standard InChI is InChI=1S/C22H31N4O7P/c1-14(2)32-22(28)26-11-7-17(8-12-26)33-19-6-10-23-21(20(19)27)25-18-5-4-16(24-15(18)3)9-13-31-34(29)30/h4-6,10,14,17,27,29-30H,7-9,11-13H2,1-3H3,(H,23,25). The molecule has 1 aliphatic heterocycles. The van der Waals surface area contributed by atoms with E-state index in [0.29, 0.717) is 49.5 Å². The van der Waals surface area contributed by atoms with Crippen molar-refractivity contribution in [3.63, 3.8) is 0 Å². The van der Waals surface area contributed by atoms with Gasteiger partial charge in [0.2, 0.25) is 5.75 Å². The van der Waals surface area contributed by atoms with E-state index in [0.717, 1.165) is 5.69 Å². The first-order valence-electron chi connectivity index (χ1n) is 11.1. The molecule has 0 bridgehead atoms. The molecule has 0 aliphatic carbocycles. The quantitative estimate of drug-likeness (QED) is 0.383. The smallest absolute Gasteiger partial charge is 0.410 e. The Morgan fingerprint density at radius 2 is 2.00 bits per heavy atom. The number of nitrogens with one attached hydrogen (secondary N) is 1. The Hall–Kier alpha value is -2.72. The Morgan fingerprint density at radius 3 is 2.65 bits per heavy atom. The molecule has 1 amide bonds. The van der Waals surface area contributed by atoms with Gasteiger partial charge in [-0.1, -0.05) is 0 Å². The van der Waals surface area contributed by atoms with Crippen LogP contribution in [0.5, 0.6) is 11.5 Å². The van der Waals surface area contributed by atoms with Gasteiger partial charge in [0.1, 0.15) is 6.10 Å². The predicted molar refractivity (Wildman–Crippen MR) is 126 cm³/mol. The molecule has 3 heterocycles. The second-order valence-corrected chi connectivity index (χ2v) is 8.90. The monoisotopic (exact) mass is 494 g/mol. The summed E-state index contributed by atoms with van der Waals surface area (Å²) in [6.45, 7) is 6.64. The first-order chi connectivity index (χ1) is 16.2. The summed E-state index contributed by atoms with van der Waals surface area (Å²) >= 11 is 0. The highest BCUT2D eigenvalue weighted by atomic mass is 31.2. The minimum absolute atomic E-state index is 0.111. The molecule has 3 rings (SSSR count). The third-order valence-electron chi connectivity index (χ3n) is 5.18. The molecule has 1 fully saturated rings. The van der Waals surface area contributed by atoms with Crippen LogP contribution < -0.4 is 10.1 Å². The Balaban J connectivity index is 1.58. The van der Waals surface area contributed by atoms with Gasteiger partial charge in [-0.25, -0.2) is 9.78 Å². The van der Waals surface area contributed by atoms with Gasteiger partial charge >= 0.3 is 14.7 Å². The van der Waals surface area contributed by atoms with Gasteiger partial charge in [-0.05, 0) is 32.9 Å². The molecule has 2 aromatic heterocycles. The number of amides is 1. The van der Waals surface area contributed by atoms with Gasteiger partial charge in [-0.2, -0.15) is 0 Å². The first-order valence-corrected chi connectivity index (χ1v) is 12.2. The number of rotatable bonds is 9. The summed E-state index contributed by atoms with van der Waals surface area (Å²) in [5, 5.41) is 13.8. The van der Waals surface area contributed by atoms with Crippen LogP contribution in [0.1, 0.15) is 38.1 Å². The van der Waals surface area contributed by atoms with E-state index in [4.69, 9.17) is 23.8 Å². The predicted octanol–water partition coefficient (Wildman–Crippen LogP) is 3.39. The van der Waals surface area contributed by atoms with Crippen LogP contribution in [0.4, 0.5) is 16.3 Å². The number of piperidine rings is 1. The van der Waals surface area contributed by atoms with Gasteiger partial charge < -0.3 is 39.1 Å². The maximum absolute atomic E-state index is 12.0. The van der Waals surface area contributed by atoms with Crippen molar-refractivity contribution >= 4 is 26.2 Å². The molecule has 0 spiro atoms. The Morgan fingerprint density at radius 1 is 1.26 bits per heavy atom. The molecule has 1 aliphatic rings. The van der Waals surface area contributed by atoms with Crippen molar-refractivity contribution in [2.24, 2.45) is 0 Å². The SMILES string of the molecule is Cc1nc(CCOP(O)O)ccc1Nc1nccc(OC2CCN(C(=O)OC(C)C)CC2)c1O. The number of hydrogen-bond acceptors (Lipinski definition) is 10. The van der Waals surface area contributed by atoms with Gasteiger partial charge in [0.05, 0.1) is 24.1 Å². The van der Waals surface area contributed by atoms with Crippen molar-refractivity contribution in [3.8, 4) is 11.5 Å². The average molecular weight is 494 g/mol. The number of hydrogen-bond donors (Lipinski definition) is 4. The second kappa shape index (κ2) is 12.1. The lowest BCUT2D eigenvalue weighted by Crippen LogP contribution is -2.42. The number of aromatic hydroxyl groups is 1. The molecule has 0 atom stereocenters. The van der Waals surface area contributed by atoms with Crippen LogP contribution in [-0.2, 0) is 15.7 Å². The van der Waals surface area contributed by atoms with Crippen molar-refractivity contribution in [1.82, 2.24) is 14.9 Å². The Kier molecular flexibility index (Phi) is 9.23. The maximum Gasteiger partial charge on any atom is 0.410 e. The lowest BCUT2D eigenvalue weighted by atomic mass is 10.1. The Labute approximate surface area is 199 Å². The van der Waals surface area contributed by atoms with E-state index in [2.05, 4.69) is 15.3 Å². The zero-order valence-corrected chi connectivity index (χ0v) is 20.4. The molecule has 0 aromatic carbocycles. The van der Waals surface area contributed by atoms with Crippen LogP contribution in [0.25, 0.3) is 0 Å². The molecule has 11 nitrogen and oxygen atoms in total. The number of ether oxygens (including phenoxy) is 2. The summed E-state index contributed by atoms with van der Waals surface area (Å²) in [4.78, 5) is 40.0. The van der Waals surface area contributed by atoms with E-state index in [1.807, 2.05) is 20.8 Å². The average Bonchev–Trinajstić information content (AvgIpc) is 2.78. The fraction of sp³-hybridized carbons (Fsp3) is 0.500. The van der Waals surface area contributed by atoms with E-state index in [9.17, 15) is 9.90 Å². The third kappa shape index (κ3) is 7.39. The Bertz CT molecular complexity index is 968. The lowest BCUT2D eigenvalue weighted by molar-refractivity contribution is 0.0511. The first kappa shape index (κ1) is 25.9. The van der Waals surface area contributed by atoms with Crippen molar-refractivity contribution in [2.45, 2.75) is 52.2 Å². The molecular formula is C22H31N4O7P. The van der Waals surface area contributed by atoms with E-state index in [1.165, 1.54) is 0 Å². The molecule has 186 valence electrons. The molecule has 1 saturated heterocycles. The summed E-state index contributed by atoms with van der Waals surface area (Å²) in [7, 11) is -2.38. The van der Waals surface area contributed by atoms with Gasteiger partial charge in [0, 0.05) is 50.3 Å².